The van der Waals surface area contributed by atoms with Gasteiger partial charge in [0.1, 0.15) is 16.6 Å². The van der Waals surface area contributed by atoms with Crippen molar-refractivity contribution in [2.24, 2.45) is 5.92 Å². The maximum absolute atomic E-state index is 12.8. The molecule has 5 aromatic rings. The van der Waals surface area contributed by atoms with Crippen molar-refractivity contribution in [3.05, 3.63) is 81.4 Å². The van der Waals surface area contributed by atoms with Gasteiger partial charge in [0.15, 0.2) is 5.58 Å². The Hall–Kier alpha value is -4.40. The predicted molar refractivity (Wildman–Crippen MR) is 186 cm³/mol. The fourth-order valence-electron chi connectivity index (χ4n) is 7.42. The summed E-state index contributed by atoms with van der Waals surface area (Å²) in [7, 11) is 0. The van der Waals surface area contributed by atoms with E-state index in [1.165, 1.54) is 6.42 Å². The van der Waals surface area contributed by atoms with Crippen LogP contribution in [0.25, 0.3) is 44.3 Å². The zero-order valence-electron chi connectivity index (χ0n) is 27.5. The first-order valence-electron chi connectivity index (χ1n) is 16.7. The van der Waals surface area contributed by atoms with E-state index in [2.05, 4.69) is 62.1 Å². The van der Waals surface area contributed by atoms with Crippen molar-refractivity contribution in [3.63, 3.8) is 0 Å². The average molecular weight is 659 g/mol. The summed E-state index contributed by atoms with van der Waals surface area (Å²) in [6, 6.07) is 18.9. The number of aromatic nitrogens is 2. The minimum atomic E-state index is -0.311. The number of nitrogens with zero attached hydrogens (tertiary/aromatic N) is 6. The van der Waals surface area contributed by atoms with Crippen LogP contribution < -0.4 is 0 Å². The van der Waals surface area contributed by atoms with Crippen molar-refractivity contribution in [1.29, 1.82) is 5.26 Å². The highest BCUT2D eigenvalue weighted by atomic mass is 32.1. The van der Waals surface area contributed by atoms with E-state index >= 15 is 0 Å². The van der Waals surface area contributed by atoms with Crippen LogP contribution in [0.1, 0.15) is 46.2 Å². The minimum Gasteiger partial charge on any atom is -0.435 e. The van der Waals surface area contributed by atoms with Crippen molar-refractivity contribution in [3.8, 4) is 39.2 Å². The number of carbonyl (C=O) groups is 1. The molecular weight excluding hydrogens is 621 g/mol. The highest BCUT2D eigenvalue weighted by Crippen LogP contribution is 2.40. The number of amides is 1. The van der Waals surface area contributed by atoms with Crippen LogP contribution in [0.4, 0.5) is 0 Å². The van der Waals surface area contributed by atoms with Crippen molar-refractivity contribution in [2.45, 2.75) is 52.9 Å². The summed E-state index contributed by atoms with van der Waals surface area (Å²) >= 11 is 1.66. The molecule has 3 aliphatic rings. The van der Waals surface area contributed by atoms with Crippen LogP contribution in [0.2, 0.25) is 0 Å². The third kappa shape index (κ3) is 5.61. The van der Waals surface area contributed by atoms with Gasteiger partial charge in [-0.3, -0.25) is 14.6 Å². The van der Waals surface area contributed by atoms with Crippen LogP contribution in [-0.4, -0.2) is 74.5 Å². The Balaban J connectivity index is 1.06. The molecule has 0 saturated carbocycles. The normalized spacial score (nSPS) is 18.4. The summed E-state index contributed by atoms with van der Waals surface area (Å²) < 4.78 is 6.31. The summed E-state index contributed by atoms with van der Waals surface area (Å²) in [5.74, 6) is 1.30. The lowest BCUT2D eigenvalue weighted by atomic mass is 9.91. The maximum Gasteiger partial charge on any atom is 0.237 e. The molecular formula is C38H38N6O3S. The van der Waals surface area contributed by atoms with Gasteiger partial charge in [0, 0.05) is 42.2 Å². The first-order valence-corrected chi connectivity index (χ1v) is 17.5. The van der Waals surface area contributed by atoms with E-state index < -0.39 is 0 Å². The average Bonchev–Trinajstić information content (AvgIpc) is 3.84. The van der Waals surface area contributed by atoms with Gasteiger partial charge >= 0.3 is 0 Å². The third-order valence-electron chi connectivity index (χ3n) is 10.1. The van der Waals surface area contributed by atoms with Gasteiger partial charge in [0.25, 0.3) is 0 Å². The van der Waals surface area contributed by atoms with Crippen molar-refractivity contribution in [2.75, 3.05) is 32.7 Å². The number of oxazole rings is 1. The SMILES string of the molecule is Cc1c(-c2nc3cc(CN4CCC(C)C4)cc(C#N)c3o2)cccc1-c1cccc(-c2nc3c(s2)CN(C(=O)CN2CC(O)C2)C3)c1C. The maximum atomic E-state index is 12.8. The summed E-state index contributed by atoms with van der Waals surface area (Å²) in [5.41, 5.74) is 10.2. The summed E-state index contributed by atoms with van der Waals surface area (Å²) in [4.78, 5) is 30.1. The zero-order valence-corrected chi connectivity index (χ0v) is 28.3. The highest BCUT2D eigenvalue weighted by molar-refractivity contribution is 7.15. The van der Waals surface area contributed by atoms with E-state index in [1.54, 1.807) is 11.3 Å². The van der Waals surface area contributed by atoms with Gasteiger partial charge in [0.05, 0.1) is 37.0 Å². The van der Waals surface area contributed by atoms with Crippen molar-refractivity contribution in [1.82, 2.24) is 24.7 Å². The number of β-amino-alcohol motifs (C(OH)–C–C–N with tert-alkyl or cyclic N) is 1. The number of aliphatic hydroxyl groups excluding tert-OH is 1. The molecule has 0 aliphatic carbocycles. The van der Waals surface area contributed by atoms with E-state index in [1.807, 2.05) is 28.0 Å². The second-order valence-corrected chi connectivity index (χ2v) is 14.8. The van der Waals surface area contributed by atoms with Gasteiger partial charge in [-0.05, 0) is 78.7 Å². The molecule has 1 amide bonds. The topological polar surface area (TPSA) is 110 Å². The van der Waals surface area contributed by atoms with Crippen LogP contribution in [0.5, 0.6) is 0 Å². The number of likely N-dealkylation sites (tertiary alicyclic amines) is 2. The molecule has 2 fully saturated rings. The Kier molecular flexibility index (Phi) is 7.88. The Morgan fingerprint density at radius 3 is 2.42 bits per heavy atom. The predicted octanol–water partition coefficient (Wildman–Crippen LogP) is 6.13. The van der Waals surface area contributed by atoms with Crippen molar-refractivity contribution < 1.29 is 14.3 Å². The lowest BCUT2D eigenvalue weighted by molar-refractivity contribution is -0.135. The number of nitriles is 1. The fraction of sp³-hybridized carbons (Fsp3) is 0.368. The van der Waals surface area contributed by atoms with E-state index in [4.69, 9.17) is 14.4 Å². The number of hydrogen-bond donors (Lipinski definition) is 1. The van der Waals surface area contributed by atoms with Gasteiger partial charge < -0.3 is 14.4 Å². The molecule has 3 aromatic carbocycles. The number of rotatable bonds is 7. The van der Waals surface area contributed by atoms with Gasteiger partial charge in [-0.1, -0.05) is 37.3 Å². The van der Waals surface area contributed by atoms with Crippen LogP contribution in [0, 0.1) is 31.1 Å². The first kappa shape index (κ1) is 30.9. The molecule has 8 rings (SSSR count). The van der Waals surface area contributed by atoms with Crippen LogP contribution >= 0.6 is 11.3 Å². The molecule has 0 spiro atoms. The number of benzene rings is 3. The number of thiazole rings is 1. The summed E-state index contributed by atoms with van der Waals surface area (Å²) in [5, 5.41) is 20.5. The van der Waals surface area contributed by atoms with Crippen LogP contribution in [0.15, 0.2) is 52.9 Å². The van der Waals surface area contributed by atoms with Gasteiger partial charge in [-0.2, -0.15) is 5.26 Å². The fourth-order valence-corrected chi connectivity index (χ4v) is 8.59. The van der Waals surface area contributed by atoms with Gasteiger partial charge in [-0.25, -0.2) is 9.97 Å². The molecule has 9 nitrogen and oxygen atoms in total. The Bertz CT molecular complexity index is 2080. The molecule has 10 heteroatoms. The number of carbonyl (C=O) groups excluding carboxylic acids is 1. The quantitative estimate of drug-likeness (QED) is 0.222. The molecule has 2 saturated heterocycles. The molecule has 5 heterocycles. The Morgan fingerprint density at radius 2 is 1.73 bits per heavy atom. The lowest BCUT2D eigenvalue weighted by Crippen LogP contribution is -2.53. The molecule has 1 atom stereocenters. The second kappa shape index (κ2) is 12.2. The Labute approximate surface area is 284 Å². The third-order valence-corrected chi connectivity index (χ3v) is 11.2. The molecule has 0 bridgehead atoms. The molecule has 48 heavy (non-hydrogen) atoms. The number of aliphatic hydroxyl groups is 1. The molecule has 2 aromatic heterocycles. The van der Waals surface area contributed by atoms with E-state index in [0.717, 1.165) is 74.2 Å². The lowest BCUT2D eigenvalue weighted by Gasteiger charge is -2.36. The molecule has 1 unspecified atom stereocenters. The smallest absolute Gasteiger partial charge is 0.237 e. The molecule has 0 radical (unpaired) electrons. The van der Waals surface area contributed by atoms with Gasteiger partial charge in [-0.15, -0.1) is 11.3 Å². The second-order valence-electron chi connectivity index (χ2n) is 13.7. The van der Waals surface area contributed by atoms with E-state index in [-0.39, 0.29) is 12.0 Å². The largest absolute Gasteiger partial charge is 0.435 e. The first-order chi connectivity index (χ1) is 23.2. The van der Waals surface area contributed by atoms with Crippen LogP contribution in [-0.2, 0) is 24.4 Å². The molecule has 3 aliphatic heterocycles. The number of hydrogen-bond acceptors (Lipinski definition) is 9. The number of fused-ring (bicyclic) bond motifs is 2. The Morgan fingerprint density at radius 1 is 1.00 bits per heavy atom. The highest BCUT2D eigenvalue weighted by Gasteiger charge is 2.32. The van der Waals surface area contributed by atoms with Crippen molar-refractivity contribution >= 4 is 28.3 Å². The summed E-state index contributed by atoms with van der Waals surface area (Å²) in [6.07, 6.45) is 0.896. The monoisotopic (exact) mass is 658 g/mol. The zero-order chi connectivity index (χ0) is 33.1. The van der Waals surface area contributed by atoms with E-state index in [0.29, 0.717) is 61.2 Å². The van der Waals surface area contributed by atoms with Gasteiger partial charge in [0.2, 0.25) is 11.8 Å². The molecule has 244 valence electrons. The molecule has 1 N–H and O–H groups in total. The standard InChI is InChI=1S/C38H38N6O3S/c1-22-10-11-42(15-22)16-25-12-26(14-39)36-32(13-25)40-37(47-36)30-8-4-6-28(23(30)2)29-7-5-9-31(24(29)3)38-41-33-19-44(20-34(33)48-38)35(46)21-43-17-27(45)18-43/h4-9,12-13,22,27,45H,10-11,15-21H2,1-3H3. The van der Waals surface area contributed by atoms with E-state index in [9.17, 15) is 15.2 Å². The van der Waals surface area contributed by atoms with Crippen LogP contribution in [0.3, 0.4) is 0 Å². The summed E-state index contributed by atoms with van der Waals surface area (Å²) in [6.45, 7) is 12.1. The minimum absolute atomic E-state index is 0.0853.